The Kier molecular flexibility index (Phi) is 5.66. The number of hydrogen-bond acceptors (Lipinski definition) is 7. The Balaban J connectivity index is 1.61. The first-order chi connectivity index (χ1) is 16.6. The van der Waals surface area contributed by atoms with Crippen LogP contribution in [0.25, 0.3) is 17.3 Å². The van der Waals surface area contributed by atoms with E-state index >= 15 is 0 Å². The van der Waals surface area contributed by atoms with E-state index in [9.17, 15) is 4.79 Å². The van der Waals surface area contributed by atoms with Crippen molar-refractivity contribution in [1.29, 1.82) is 0 Å². The van der Waals surface area contributed by atoms with E-state index < -0.39 is 5.41 Å². The van der Waals surface area contributed by atoms with Gasteiger partial charge in [-0.05, 0) is 47.3 Å². The number of allylic oxidation sites excluding steroid dienone is 2. The molecule has 1 aliphatic heterocycles. The highest BCUT2D eigenvalue weighted by Crippen LogP contribution is 2.33. The number of nitrogens with zero attached hydrogens (tertiary/aromatic N) is 8. The van der Waals surface area contributed by atoms with Crippen LogP contribution in [0, 0.1) is 0 Å². The average Bonchev–Trinajstić information content (AvgIpc) is 3.61. The molecule has 5 rings (SSSR count). The Bertz CT molecular complexity index is 1380. The zero-order valence-corrected chi connectivity index (χ0v) is 19.1. The van der Waals surface area contributed by atoms with Gasteiger partial charge in [0.15, 0.2) is 5.82 Å². The van der Waals surface area contributed by atoms with Crippen molar-refractivity contribution in [2.24, 2.45) is 7.05 Å². The Morgan fingerprint density at radius 3 is 2.71 bits per heavy atom. The number of nitrogens with one attached hydrogen (secondary N) is 2. The van der Waals surface area contributed by atoms with Crippen molar-refractivity contribution in [3.05, 3.63) is 83.1 Å². The summed E-state index contributed by atoms with van der Waals surface area (Å²) < 4.78 is 5.17. The van der Waals surface area contributed by atoms with Crippen LogP contribution in [0.1, 0.15) is 31.0 Å². The van der Waals surface area contributed by atoms with Crippen LogP contribution in [0.5, 0.6) is 0 Å². The topological polar surface area (TPSA) is 124 Å². The van der Waals surface area contributed by atoms with Gasteiger partial charge < -0.3 is 9.88 Å². The van der Waals surface area contributed by atoms with Gasteiger partial charge in [0, 0.05) is 31.0 Å². The number of dihydropyridines is 1. The molecule has 0 amide bonds. The molecule has 0 aliphatic carbocycles. The number of unbranched alkanes of at least 4 members (excludes halogenated alkanes) is 1. The van der Waals surface area contributed by atoms with Gasteiger partial charge in [-0.3, -0.25) is 4.57 Å². The molecule has 1 aliphatic rings. The lowest BCUT2D eigenvalue weighted by Crippen LogP contribution is -2.36. The van der Waals surface area contributed by atoms with E-state index in [-0.39, 0.29) is 5.69 Å². The fraction of sp³-hybridized carbons (Fsp3) is 0.304. The lowest BCUT2D eigenvalue weighted by atomic mass is 9.78. The van der Waals surface area contributed by atoms with Crippen molar-refractivity contribution in [3.8, 4) is 17.3 Å². The minimum atomic E-state index is -0.550. The summed E-state index contributed by atoms with van der Waals surface area (Å²) in [5.74, 6) is 1.08. The minimum absolute atomic E-state index is 0.141. The minimum Gasteiger partial charge on any atom is -0.368 e. The van der Waals surface area contributed by atoms with Gasteiger partial charge in [-0.15, -0.1) is 15.3 Å². The van der Waals surface area contributed by atoms with Gasteiger partial charge in [-0.2, -0.15) is 0 Å². The maximum atomic E-state index is 13.7. The SMILES string of the molecule is CCCCc1cn(-c2nncn2C)c(=O)n1CC1(c2cccc(-c3nnn[nH]3)c2)C=CNC=C1. The summed E-state index contributed by atoms with van der Waals surface area (Å²) in [4.78, 5) is 13.7. The molecular formula is C23H26N10O. The van der Waals surface area contributed by atoms with Gasteiger partial charge >= 0.3 is 5.69 Å². The highest BCUT2D eigenvalue weighted by Gasteiger charge is 2.31. The second-order valence-corrected chi connectivity index (χ2v) is 8.41. The predicted molar refractivity (Wildman–Crippen MR) is 126 cm³/mol. The van der Waals surface area contributed by atoms with Crippen molar-refractivity contribution in [1.82, 2.24) is 49.8 Å². The largest absolute Gasteiger partial charge is 0.368 e. The first-order valence-corrected chi connectivity index (χ1v) is 11.2. The van der Waals surface area contributed by atoms with E-state index in [0.717, 1.165) is 36.1 Å². The molecule has 0 fully saturated rings. The van der Waals surface area contributed by atoms with E-state index in [1.807, 2.05) is 42.3 Å². The monoisotopic (exact) mass is 458 g/mol. The molecule has 174 valence electrons. The third kappa shape index (κ3) is 3.85. The van der Waals surface area contributed by atoms with Crippen LogP contribution in [0.2, 0.25) is 0 Å². The Labute approximate surface area is 195 Å². The molecule has 11 heteroatoms. The number of tetrazole rings is 1. The highest BCUT2D eigenvalue weighted by molar-refractivity contribution is 5.57. The van der Waals surface area contributed by atoms with Crippen LogP contribution in [-0.4, -0.2) is 44.5 Å². The van der Waals surface area contributed by atoms with E-state index in [1.54, 1.807) is 15.5 Å². The van der Waals surface area contributed by atoms with Gasteiger partial charge in [0.1, 0.15) is 6.33 Å². The van der Waals surface area contributed by atoms with E-state index in [1.165, 1.54) is 0 Å². The molecule has 0 bridgehead atoms. The molecule has 1 aromatic carbocycles. The molecule has 4 aromatic rings. The maximum absolute atomic E-state index is 13.7. The summed E-state index contributed by atoms with van der Waals surface area (Å²) in [5, 5.41) is 25.5. The molecule has 0 saturated carbocycles. The van der Waals surface area contributed by atoms with Crippen LogP contribution < -0.4 is 11.0 Å². The molecule has 11 nitrogen and oxygen atoms in total. The molecule has 0 unspecified atom stereocenters. The molecule has 2 N–H and O–H groups in total. The number of aromatic nitrogens is 9. The summed E-state index contributed by atoms with van der Waals surface area (Å²) in [6.07, 6.45) is 14.3. The lowest BCUT2D eigenvalue weighted by molar-refractivity contribution is 0.495. The predicted octanol–water partition coefficient (Wildman–Crippen LogP) is 1.86. The third-order valence-corrected chi connectivity index (χ3v) is 6.14. The van der Waals surface area contributed by atoms with Crippen molar-refractivity contribution < 1.29 is 0 Å². The molecular weight excluding hydrogens is 432 g/mol. The molecule has 34 heavy (non-hydrogen) atoms. The first kappa shape index (κ1) is 21.6. The zero-order valence-electron chi connectivity index (χ0n) is 19.1. The van der Waals surface area contributed by atoms with Crippen LogP contribution in [-0.2, 0) is 25.4 Å². The normalized spacial score (nSPS) is 14.4. The van der Waals surface area contributed by atoms with Crippen LogP contribution in [0.4, 0.5) is 0 Å². The van der Waals surface area contributed by atoms with Crippen molar-refractivity contribution in [3.63, 3.8) is 0 Å². The second kappa shape index (κ2) is 8.93. The molecule has 0 saturated heterocycles. The van der Waals surface area contributed by atoms with Gasteiger partial charge in [-0.25, -0.2) is 14.5 Å². The number of benzene rings is 1. The summed E-state index contributed by atoms with van der Waals surface area (Å²) in [5.41, 5.74) is 2.17. The van der Waals surface area contributed by atoms with Crippen LogP contribution in [0.3, 0.4) is 0 Å². The number of aromatic amines is 1. The van der Waals surface area contributed by atoms with E-state index in [0.29, 0.717) is 18.3 Å². The van der Waals surface area contributed by atoms with Gasteiger partial charge in [0.05, 0.1) is 5.41 Å². The van der Waals surface area contributed by atoms with Crippen molar-refractivity contribution in [2.45, 2.75) is 38.1 Å². The summed E-state index contributed by atoms with van der Waals surface area (Å²) in [7, 11) is 1.83. The van der Waals surface area contributed by atoms with Gasteiger partial charge in [0.25, 0.3) is 0 Å². The highest BCUT2D eigenvalue weighted by atomic mass is 16.2. The van der Waals surface area contributed by atoms with Gasteiger partial charge in [-0.1, -0.05) is 43.7 Å². The smallest absolute Gasteiger partial charge is 0.335 e. The molecule has 4 heterocycles. The summed E-state index contributed by atoms with van der Waals surface area (Å²) >= 11 is 0. The number of hydrogen-bond donors (Lipinski definition) is 2. The Hall–Kier alpha value is -4.28. The van der Waals surface area contributed by atoms with Gasteiger partial charge in [0.2, 0.25) is 5.95 Å². The summed E-state index contributed by atoms with van der Waals surface area (Å²) in [6.45, 7) is 2.58. The number of imidazole rings is 1. The van der Waals surface area contributed by atoms with Crippen molar-refractivity contribution in [2.75, 3.05) is 0 Å². The Morgan fingerprint density at radius 1 is 1.15 bits per heavy atom. The quantitative estimate of drug-likeness (QED) is 0.413. The third-order valence-electron chi connectivity index (χ3n) is 6.14. The standard InChI is InChI=1S/C23H26N10O/c1-3-4-8-19-14-32(21-28-25-16-31(21)2)22(34)33(19)15-23(9-11-24-12-10-23)18-7-5-6-17(13-18)20-26-29-30-27-20/h5-7,9-14,16,24H,3-4,8,15H2,1-2H3,(H,26,27,29,30). The number of rotatable bonds is 8. The van der Waals surface area contributed by atoms with Crippen molar-refractivity contribution >= 4 is 0 Å². The Morgan fingerprint density at radius 2 is 2.00 bits per heavy atom. The maximum Gasteiger partial charge on any atom is 0.335 e. The first-order valence-electron chi connectivity index (χ1n) is 11.2. The number of aryl methyl sites for hydroxylation is 2. The summed E-state index contributed by atoms with van der Waals surface area (Å²) in [6, 6.07) is 8.05. The molecule has 3 aromatic heterocycles. The molecule has 0 spiro atoms. The fourth-order valence-corrected chi connectivity index (χ4v) is 4.28. The van der Waals surface area contributed by atoms with E-state index in [4.69, 9.17) is 0 Å². The molecule has 0 radical (unpaired) electrons. The average molecular weight is 459 g/mol. The number of H-pyrrole nitrogens is 1. The van der Waals surface area contributed by atoms with E-state index in [2.05, 4.69) is 67.3 Å². The second-order valence-electron chi connectivity index (χ2n) is 8.41. The van der Waals surface area contributed by atoms with Crippen LogP contribution in [0.15, 0.2) is 66.1 Å². The fourth-order valence-electron chi connectivity index (χ4n) is 4.28. The lowest BCUT2D eigenvalue weighted by Gasteiger charge is -2.31. The zero-order chi connectivity index (χ0) is 23.5. The van der Waals surface area contributed by atoms with Crippen LogP contribution >= 0.6 is 0 Å². The molecule has 0 atom stereocenters.